The summed E-state index contributed by atoms with van der Waals surface area (Å²) in [5.41, 5.74) is 1.30. The molecule has 1 aliphatic rings. The van der Waals surface area contributed by atoms with Crippen molar-refractivity contribution in [2.45, 2.75) is 38.9 Å². The third-order valence-corrected chi connectivity index (χ3v) is 4.47. The van der Waals surface area contributed by atoms with Crippen LogP contribution in [0.2, 0.25) is 0 Å². The zero-order valence-corrected chi connectivity index (χ0v) is 12.7. The van der Waals surface area contributed by atoms with E-state index >= 15 is 0 Å². The molecule has 4 heteroatoms. The highest BCUT2D eigenvalue weighted by atomic mass is 32.1. The van der Waals surface area contributed by atoms with Crippen LogP contribution in [0.5, 0.6) is 0 Å². The summed E-state index contributed by atoms with van der Waals surface area (Å²) in [4.78, 5) is 8.50. The van der Waals surface area contributed by atoms with Crippen LogP contribution in [0, 0.1) is 0 Å². The fraction of sp³-hybridized carbons (Fsp3) is 0.438. The summed E-state index contributed by atoms with van der Waals surface area (Å²) in [6.07, 6.45) is 4.53. The minimum Gasteiger partial charge on any atom is -0.370 e. The molecule has 0 amide bonds. The van der Waals surface area contributed by atoms with Gasteiger partial charge in [0.05, 0.1) is 0 Å². The van der Waals surface area contributed by atoms with Crippen LogP contribution in [0.25, 0.3) is 0 Å². The Kier molecular flexibility index (Phi) is 4.33. The largest absolute Gasteiger partial charge is 0.370 e. The molecular weight excluding hydrogens is 266 g/mol. The first-order valence-electron chi connectivity index (χ1n) is 7.31. The van der Waals surface area contributed by atoms with E-state index in [1.807, 2.05) is 23.6 Å². The van der Waals surface area contributed by atoms with E-state index in [0.717, 1.165) is 31.5 Å². The molecule has 106 valence electrons. The maximum absolute atomic E-state index is 4.46. The van der Waals surface area contributed by atoms with Crippen LogP contribution in [0.15, 0.2) is 35.8 Å². The van der Waals surface area contributed by atoms with Gasteiger partial charge in [-0.05, 0) is 37.3 Å². The summed E-state index contributed by atoms with van der Waals surface area (Å²) >= 11 is 1.85. The number of rotatable bonds is 7. The number of anilines is 1. The quantitative estimate of drug-likeness (QED) is 0.841. The molecule has 0 aliphatic heterocycles. The predicted molar refractivity (Wildman–Crippen MR) is 85.0 cm³/mol. The number of nitrogens with one attached hydrogen (secondary N) is 1. The number of thiophene rings is 1. The molecule has 2 aromatic rings. The van der Waals surface area contributed by atoms with Gasteiger partial charge < -0.3 is 5.32 Å². The van der Waals surface area contributed by atoms with Crippen molar-refractivity contribution < 1.29 is 0 Å². The number of hydrogen-bond donors (Lipinski definition) is 1. The summed E-state index contributed by atoms with van der Waals surface area (Å²) < 4.78 is 0. The van der Waals surface area contributed by atoms with Gasteiger partial charge in [0.1, 0.15) is 5.82 Å². The van der Waals surface area contributed by atoms with Gasteiger partial charge >= 0.3 is 0 Å². The fourth-order valence-electron chi connectivity index (χ4n) is 2.47. The lowest BCUT2D eigenvalue weighted by atomic mass is 10.2. The molecule has 0 saturated heterocycles. The van der Waals surface area contributed by atoms with Gasteiger partial charge in [0.15, 0.2) is 0 Å². The molecular formula is C16H21N3S. The van der Waals surface area contributed by atoms with Gasteiger partial charge in [-0.2, -0.15) is 0 Å². The smallest absolute Gasteiger partial charge is 0.130 e. The van der Waals surface area contributed by atoms with E-state index in [2.05, 4.69) is 45.7 Å². The van der Waals surface area contributed by atoms with Gasteiger partial charge in [0.25, 0.3) is 0 Å². The van der Waals surface area contributed by atoms with Crippen molar-refractivity contribution in [1.82, 2.24) is 9.88 Å². The molecule has 0 aromatic carbocycles. The lowest BCUT2D eigenvalue weighted by Crippen LogP contribution is -2.25. The van der Waals surface area contributed by atoms with Crippen LogP contribution >= 0.6 is 11.3 Å². The van der Waals surface area contributed by atoms with Gasteiger partial charge in [-0.1, -0.05) is 12.1 Å². The first-order chi connectivity index (χ1) is 9.86. The molecule has 1 saturated carbocycles. The first-order valence-corrected chi connectivity index (χ1v) is 8.19. The Balaban J connectivity index is 1.73. The van der Waals surface area contributed by atoms with Gasteiger partial charge in [-0.3, -0.25) is 4.90 Å². The van der Waals surface area contributed by atoms with Gasteiger partial charge in [-0.15, -0.1) is 11.3 Å². The normalized spacial score (nSPS) is 14.7. The summed E-state index contributed by atoms with van der Waals surface area (Å²) in [7, 11) is 0. The second kappa shape index (κ2) is 6.37. The van der Waals surface area contributed by atoms with Gasteiger partial charge in [-0.25, -0.2) is 4.98 Å². The minimum atomic E-state index is 0.756. The van der Waals surface area contributed by atoms with Crippen LogP contribution in [0.4, 0.5) is 5.82 Å². The molecule has 0 atom stereocenters. The van der Waals surface area contributed by atoms with Crippen molar-refractivity contribution in [3.8, 4) is 0 Å². The second-order valence-electron chi connectivity index (χ2n) is 5.26. The molecule has 1 fully saturated rings. The van der Waals surface area contributed by atoms with Crippen molar-refractivity contribution in [3.05, 3.63) is 46.3 Å². The monoisotopic (exact) mass is 287 g/mol. The Labute approximate surface area is 124 Å². The van der Waals surface area contributed by atoms with Gasteiger partial charge in [0, 0.05) is 42.3 Å². The van der Waals surface area contributed by atoms with Crippen LogP contribution in [-0.2, 0) is 13.1 Å². The lowest BCUT2D eigenvalue weighted by molar-refractivity contribution is 0.248. The lowest BCUT2D eigenvalue weighted by Gasteiger charge is -2.22. The molecule has 2 heterocycles. The third-order valence-electron chi connectivity index (χ3n) is 3.61. The Morgan fingerprint density at radius 2 is 2.20 bits per heavy atom. The van der Waals surface area contributed by atoms with Crippen molar-refractivity contribution in [2.75, 3.05) is 11.9 Å². The zero-order chi connectivity index (χ0) is 13.8. The molecule has 2 aromatic heterocycles. The summed E-state index contributed by atoms with van der Waals surface area (Å²) in [6.45, 7) is 5.07. The number of aromatic nitrogens is 1. The van der Waals surface area contributed by atoms with Crippen molar-refractivity contribution >= 4 is 17.2 Å². The van der Waals surface area contributed by atoms with Crippen molar-refractivity contribution in [1.29, 1.82) is 0 Å². The van der Waals surface area contributed by atoms with E-state index in [-0.39, 0.29) is 0 Å². The Bertz CT molecular complexity index is 534. The molecule has 3 nitrogen and oxygen atoms in total. The Morgan fingerprint density at radius 1 is 1.30 bits per heavy atom. The molecule has 1 N–H and O–H groups in total. The molecule has 3 rings (SSSR count). The van der Waals surface area contributed by atoms with Gasteiger partial charge in [0.2, 0.25) is 0 Å². The van der Waals surface area contributed by atoms with E-state index in [1.165, 1.54) is 23.3 Å². The second-order valence-corrected chi connectivity index (χ2v) is 6.29. The molecule has 0 bridgehead atoms. The highest BCUT2D eigenvalue weighted by Crippen LogP contribution is 2.31. The maximum Gasteiger partial charge on any atom is 0.130 e. The SMILES string of the molecule is CCNc1ncccc1CN(Cc1cccs1)C1CC1. The third kappa shape index (κ3) is 3.38. The number of hydrogen-bond acceptors (Lipinski definition) is 4. The van der Waals surface area contributed by atoms with E-state index < -0.39 is 0 Å². The average molecular weight is 287 g/mol. The molecule has 1 aliphatic carbocycles. The zero-order valence-electron chi connectivity index (χ0n) is 11.9. The Morgan fingerprint density at radius 3 is 2.90 bits per heavy atom. The fourth-order valence-corrected chi connectivity index (χ4v) is 3.20. The van der Waals surface area contributed by atoms with Crippen LogP contribution in [0.3, 0.4) is 0 Å². The predicted octanol–water partition coefficient (Wildman–Crippen LogP) is 3.74. The van der Waals surface area contributed by atoms with Crippen molar-refractivity contribution in [3.63, 3.8) is 0 Å². The molecule has 0 radical (unpaired) electrons. The van der Waals surface area contributed by atoms with Crippen LogP contribution in [0.1, 0.15) is 30.2 Å². The highest BCUT2D eigenvalue weighted by Gasteiger charge is 2.29. The summed E-state index contributed by atoms with van der Waals surface area (Å²) in [5, 5.41) is 5.53. The minimum absolute atomic E-state index is 0.756. The number of pyridine rings is 1. The maximum atomic E-state index is 4.46. The van der Waals surface area contributed by atoms with Crippen LogP contribution in [-0.4, -0.2) is 22.5 Å². The molecule has 20 heavy (non-hydrogen) atoms. The standard InChI is InChI=1S/C16H21N3S/c1-2-17-16-13(5-3-9-18-16)11-19(14-7-8-14)12-15-6-4-10-20-15/h3-6,9-10,14H,2,7-8,11-12H2,1H3,(H,17,18). The summed E-state index contributed by atoms with van der Waals surface area (Å²) in [6, 6.07) is 9.35. The van der Waals surface area contributed by atoms with E-state index in [0.29, 0.717) is 0 Å². The average Bonchev–Trinajstić information content (AvgIpc) is 3.19. The van der Waals surface area contributed by atoms with Crippen LogP contribution < -0.4 is 5.32 Å². The number of nitrogens with zero attached hydrogens (tertiary/aromatic N) is 2. The first kappa shape index (κ1) is 13.6. The summed E-state index contributed by atoms with van der Waals surface area (Å²) in [5.74, 6) is 1.03. The van der Waals surface area contributed by atoms with E-state index in [4.69, 9.17) is 0 Å². The Hall–Kier alpha value is -1.39. The van der Waals surface area contributed by atoms with Crippen molar-refractivity contribution in [2.24, 2.45) is 0 Å². The topological polar surface area (TPSA) is 28.2 Å². The van der Waals surface area contributed by atoms with E-state index in [9.17, 15) is 0 Å². The molecule has 0 unspecified atom stereocenters. The molecule has 0 spiro atoms. The van der Waals surface area contributed by atoms with E-state index in [1.54, 1.807) is 0 Å². The highest BCUT2D eigenvalue weighted by molar-refractivity contribution is 7.09.